The molecule has 46 valence electrons. The van der Waals surface area contributed by atoms with Crippen LogP contribution >= 0.6 is 22.9 Å². The summed E-state index contributed by atoms with van der Waals surface area (Å²) in [5.74, 6) is 1.26. The highest BCUT2D eigenvalue weighted by atomic mass is 127. The van der Waals surface area contributed by atoms with Gasteiger partial charge in [-0.2, -0.15) is 0 Å². The van der Waals surface area contributed by atoms with Gasteiger partial charge in [0.2, 0.25) is 0 Å². The van der Waals surface area contributed by atoms with Gasteiger partial charge in [-0.3, -0.25) is 0 Å². The number of fused-ring (bicyclic) bond motifs is 1. The lowest BCUT2D eigenvalue weighted by Gasteiger charge is -2.06. The van der Waals surface area contributed by atoms with Crippen LogP contribution in [0.3, 0.4) is 0 Å². The smallest absolute Gasteiger partial charge is 0.0629 e. The normalized spacial score (nSPS) is 54.0. The predicted octanol–water partition coefficient (Wildman–Crippen LogP) is 0.259. The molecule has 1 saturated heterocycles. The second kappa shape index (κ2) is 1.58. The molecular formula is C5H8INO. The van der Waals surface area contributed by atoms with Gasteiger partial charge in [-0.1, -0.05) is 0 Å². The maximum Gasteiger partial charge on any atom is 0.0629 e. The lowest BCUT2D eigenvalue weighted by molar-refractivity contribution is 0.226. The van der Waals surface area contributed by atoms with E-state index in [4.69, 9.17) is 5.11 Å². The summed E-state index contributed by atoms with van der Waals surface area (Å²) < 4.78 is 2.25. The van der Waals surface area contributed by atoms with E-state index in [0.717, 1.165) is 13.1 Å². The highest BCUT2D eigenvalue weighted by molar-refractivity contribution is 14.1. The molecule has 1 heterocycles. The fraction of sp³-hybridized carbons (Fsp3) is 1.00. The monoisotopic (exact) mass is 225 g/mol. The zero-order valence-corrected chi connectivity index (χ0v) is 6.58. The fourth-order valence-electron chi connectivity index (χ4n) is 1.44. The first-order valence-corrected chi connectivity index (χ1v) is 3.84. The van der Waals surface area contributed by atoms with E-state index in [-0.39, 0.29) is 6.10 Å². The maximum absolute atomic E-state index is 9.03. The molecule has 8 heavy (non-hydrogen) atoms. The van der Waals surface area contributed by atoms with Gasteiger partial charge in [-0.05, 0) is 0 Å². The Morgan fingerprint density at radius 2 is 1.88 bits per heavy atom. The summed E-state index contributed by atoms with van der Waals surface area (Å²) in [4.78, 5) is 0. The molecule has 3 heteroatoms. The molecule has 2 nitrogen and oxygen atoms in total. The molecule has 0 aromatic rings. The van der Waals surface area contributed by atoms with Crippen LogP contribution in [-0.2, 0) is 0 Å². The highest BCUT2D eigenvalue weighted by Gasteiger charge is 2.54. The maximum atomic E-state index is 9.03. The average molecular weight is 225 g/mol. The minimum atomic E-state index is 0.0565. The van der Waals surface area contributed by atoms with Crippen molar-refractivity contribution in [3.8, 4) is 0 Å². The molecule has 2 aliphatic rings. The van der Waals surface area contributed by atoms with Crippen molar-refractivity contribution in [3.05, 3.63) is 0 Å². The van der Waals surface area contributed by atoms with Crippen molar-refractivity contribution in [2.24, 2.45) is 11.8 Å². The van der Waals surface area contributed by atoms with Crippen LogP contribution in [0.2, 0.25) is 0 Å². The van der Waals surface area contributed by atoms with E-state index in [1.807, 2.05) is 0 Å². The number of hydrogen-bond acceptors (Lipinski definition) is 2. The molecule has 2 fully saturated rings. The van der Waals surface area contributed by atoms with Gasteiger partial charge in [0, 0.05) is 47.8 Å². The highest BCUT2D eigenvalue weighted by Crippen LogP contribution is 2.46. The molecule has 1 saturated carbocycles. The van der Waals surface area contributed by atoms with Crippen LogP contribution in [0, 0.1) is 11.8 Å². The summed E-state index contributed by atoms with van der Waals surface area (Å²) in [6.07, 6.45) is 0.0565. The van der Waals surface area contributed by atoms with Crippen molar-refractivity contribution >= 4 is 22.9 Å². The fourth-order valence-corrected chi connectivity index (χ4v) is 2.35. The number of aliphatic hydroxyl groups excluding tert-OH is 1. The first-order valence-electron chi connectivity index (χ1n) is 2.88. The summed E-state index contributed by atoms with van der Waals surface area (Å²) in [6, 6.07) is 0. The van der Waals surface area contributed by atoms with Gasteiger partial charge in [0.05, 0.1) is 6.10 Å². The molecule has 0 amide bonds. The molecule has 1 N–H and O–H groups in total. The molecule has 0 unspecified atom stereocenters. The minimum absolute atomic E-state index is 0.0565. The van der Waals surface area contributed by atoms with E-state index in [1.54, 1.807) is 0 Å². The van der Waals surface area contributed by atoms with E-state index >= 15 is 0 Å². The van der Waals surface area contributed by atoms with Gasteiger partial charge >= 0.3 is 0 Å². The summed E-state index contributed by atoms with van der Waals surface area (Å²) in [5, 5.41) is 9.03. The van der Waals surface area contributed by atoms with Crippen LogP contribution in [0.25, 0.3) is 0 Å². The lowest BCUT2D eigenvalue weighted by Crippen LogP contribution is -2.14. The molecule has 1 aliphatic heterocycles. The molecule has 1 aliphatic carbocycles. The van der Waals surface area contributed by atoms with Crippen molar-refractivity contribution in [2.75, 3.05) is 13.1 Å². The Bertz CT molecular complexity index is 107. The van der Waals surface area contributed by atoms with E-state index < -0.39 is 0 Å². The van der Waals surface area contributed by atoms with Gasteiger partial charge in [0.1, 0.15) is 0 Å². The SMILES string of the molecule is O[C@@H]1[C@H]2CN(I)C[C@@H]12. The number of halogens is 1. The zero-order valence-electron chi connectivity index (χ0n) is 4.42. The minimum Gasteiger partial charge on any atom is -0.392 e. The van der Waals surface area contributed by atoms with Crippen LogP contribution in [0.4, 0.5) is 0 Å². The quantitative estimate of drug-likeness (QED) is 0.472. The number of rotatable bonds is 0. The Morgan fingerprint density at radius 1 is 1.38 bits per heavy atom. The molecule has 0 aromatic heterocycles. The predicted molar refractivity (Wildman–Crippen MR) is 38.6 cm³/mol. The zero-order chi connectivity index (χ0) is 5.72. The first-order chi connectivity index (χ1) is 3.79. The van der Waals surface area contributed by atoms with Crippen molar-refractivity contribution in [3.63, 3.8) is 0 Å². The second-order valence-corrected chi connectivity index (χ2v) is 4.01. The first kappa shape index (κ1) is 5.44. The Balaban J connectivity index is 2.00. The largest absolute Gasteiger partial charge is 0.392 e. The lowest BCUT2D eigenvalue weighted by atomic mass is 10.4. The molecule has 0 bridgehead atoms. The summed E-state index contributed by atoms with van der Waals surface area (Å²) in [6.45, 7) is 2.21. The number of nitrogens with zero attached hydrogens (tertiary/aromatic N) is 1. The van der Waals surface area contributed by atoms with Crippen LogP contribution < -0.4 is 0 Å². The number of aliphatic hydroxyl groups is 1. The van der Waals surface area contributed by atoms with Crippen LogP contribution in [0.1, 0.15) is 0 Å². The van der Waals surface area contributed by atoms with Gasteiger partial charge in [-0.25, -0.2) is 3.11 Å². The number of hydrogen-bond donors (Lipinski definition) is 1. The molecule has 2 rings (SSSR count). The Kier molecular flexibility index (Phi) is 1.07. The second-order valence-electron chi connectivity index (χ2n) is 2.65. The molecule has 0 spiro atoms. The summed E-state index contributed by atoms with van der Waals surface area (Å²) in [5.41, 5.74) is 0. The molecule has 3 atom stereocenters. The van der Waals surface area contributed by atoms with E-state index in [0.29, 0.717) is 11.8 Å². The van der Waals surface area contributed by atoms with Gasteiger partial charge in [0.25, 0.3) is 0 Å². The van der Waals surface area contributed by atoms with E-state index in [9.17, 15) is 0 Å². The van der Waals surface area contributed by atoms with Gasteiger partial charge < -0.3 is 5.11 Å². The molecule has 0 aromatic carbocycles. The van der Waals surface area contributed by atoms with Gasteiger partial charge in [0.15, 0.2) is 0 Å². The molecular weight excluding hydrogens is 217 g/mol. The topological polar surface area (TPSA) is 23.5 Å². The van der Waals surface area contributed by atoms with Gasteiger partial charge in [-0.15, -0.1) is 0 Å². The van der Waals surface area contributed by atoms with Crippen molar-refractivity contribution in [1.29, 1.82) is 0 Å². The third kappa shape index (κ3) is 0.610. The van der Waals surface area contributed by atoms with Crippen molar-refractivity contribution in [2.45, 2.75) is 6.10 Å². The van der Waals surface area contributed by atoms with Crippen LogP contribution in [0.5, 0.6) is 0 Å². The van der Waals surface area contributed by atoms with E-state index in [1.165, 1.54) is 0 Å². The molecule has 0 radical (unpaired) electrons. The van der Waals surface area contributed by atoms with E-state index in [2.05, 4.69) is 26.0 Å². The Hall–Kier alpha value is 0.650. The summed E-state index contributed by atoms with van der Waals surface area (Å²) in [7, 11) is 0. The summed E-state index contributed by atoms with van der Waals surface area (Å²) >= 11 is 2.31. The average Bonchev–Trinajstić information content (AvgIpc) is 2.29. The van der Waals surface area contributed by atoms with Crippen LogP contribution in [0.15, 0.2) is 0 Å². The van der Waals surface area contributed by atoms with Crippen molar-refractivity contribution in [1.82, 2.24) is 3.11 Å². The Labute approximate surface area is 62.4 Å². The third-order valence-electron chi connectivity index (χ3n) is 2.10. The number of piperidine rings is 1. The van der Waals surface area contributed by atoms with Crippen LogP contribution in [-0.4, -0.2) is 27.4 Å². The Morgan fingerprint density at radius 3 is 2.25 bits per heavy atom. The van der Waals surface area contributed by atoms with Crippen molar-refractivity contribution < 1.29 is 5.11 Å². The third-order valence-corrected chi connectivity index (χ3v) is 2.89. The standard InChI is InChI=1S/C5H8INO/c6-7-1-3-4(2-7)5(3)8/h3-5,8H,1-2H2/t3-,4+,5+.